The Bertz CT molecular complexity index is 1790. The molecule has 7 nitrogen and oxygen atoms in total. The van der Waals surface area contributed by atoms with Gasteiger partial charge in [0.15, 0.2) is 0 Å². The number of nitrogens with one attached hydrogen (secondary N) is 1. The minimum absolute atomic E-state index is 0.213. The quantitative estimate of drug-likeness (QED) is 0.152. The predicted molar refractivity (Wildman–Crippen MR) is 175 cm³/mol. The summed E-state index contributed by atoms with van der Waals surface area (Å²) < 4.78 is 30.4. The Morgan fingerprint density at radius 2 is 1.91 bits per heavy atom. The number of hydrogen-bond acceptors (Lipinski definition) is 6. The van der Waals surface area contributed by atoms with Gasteiger partial charge in [0.1, 0.15) is 11.5 Å². The second kappa shape index (κ2) is 13.8. The summed E-state index contributed by atoms with van der Waals surface area (Å²) in [6, 6.07) is 12.3. The molecular formula is C34H37ClF2N6O. The number of likely N-dealkylation sites (tertiary alicyclic amines) is 1. The third-order valence-electron chi connectivity index (χ3n) is 8.01. The fraction of sp³-hybridized carbons (Fsp3) is 0.353. The number of anilines is 2. The summed E-state index contributed by atoms with van der Waals surface area (Å²) in [4.78, 5) is 29.0. The molecule has 0 aliphatic carbocycles. The van der Waals surface area contributed by atoms with Crippen molar-refractivity contribution in [1.29, 1.82) is 0 Å². The van der Waals surface area contributed by atoms with Crippen LogP contribution in [0, 0.1) is 5.82 Å². The molecule has 0 spiro atoms. The highest BCUT2D eigenvalue weighted by Gasteiger charge is 2.21. The van der Waals surface area contributed by atoms with Crippen molar-refractivity contribution < 1.29 is 8.78 Å². The van der Waals surface area contributed by atoms with Crippen LogP contribution in [0.25, 0.3) is 22.2 Å². The van der Waals surface area contributed by atoms with Crippen molar-refractivity contribution in [1.82, 2.24) is 19.4 Å². The van der Waals surface area contributed by atoms with E-state index in [0.717, 1.165) is 37.1 Å². The molecule has 2 aromatic heterocycles. The van der Waals surface area contributed by atoms with Gasteiger partial charge >= 0.3 is 0 Å². The van der Waals surface area contributed by atoms with Crippen LogP contribution in [-0.4, -0.2) is 45.3 Å². The first kappa shape index (κ1) is 31.5. The van der Waals surface area contributed by atoms with Crippen molar-refractivity contribution in [3.05, 3.63) is 93.0 Å². The van der Waals surface area contributed by atoms with E-state index in [4.69, 9.17) is 11.6 Å². The van der Waals surface area contributed by atoms with Gasteiger partial charge in [0, 0.05) is 52.1 Å². The molecule has 0 radical (unpaired) electrons. The molecule has 1 fully saturated rings. The van der Waals surface area contributed by atoms with Crippen molar-refractivity contribution in [2.45, 2.75) is 58.9 Å². The predicted octanol–water partition coefficient (Wildman–Crippen LogP) is 8.05. The lowest BCUT2D eigenvalue weighted by Crippen LogP contribution is -2.29. The van der Waals surface area contributed by atoms with Crippen LogP contribution < -0.4 is 10.9 Å². The highest BCUT2D eigenvalue weighted by Crippen LogP contribution is 2.32. The first-order valence-electron chi connectivity index (χ1n) is 15.0. The Morgan fingerprint density at radius 1 is 1.14 bits per heavy atom. The van der Waals surface area contributed by atoms with Crippen molar-refractivity contribution >= 4 is 40.0 Å². The summed E-state index contributed by atoms with van der Waals surface area (Å²) in [5, 5.41) is 4.17. The molecule has 4 aromatic rings. The van der Waals surface area contributed by atoms with E-state index in [2.05, 4.69) is 32.2 Å². The molecule has 0 bridgehead atoms. The van der Waals surface area contributed by atoms with Gasteiger partial charge in [-0.3, -0.25) is 9.36 Å². The number of fused-ring (bicyclic) bond motifs is 1. The molecule has 1 aliphatic rings. The number of hydrogen-bond donors (Lipinski definition) is 1. The third kappa shape index (κ3) is 7.05. The largest absolute Gasteiger partial charge is 0.324 e. The van der Waals surface area contributed by atoms with Crippen LogP contribution in [0.4, 0.5) is 20.4 Å². The van der Waals surface area contributed by atoms with Gasteiger partial charge in [-0.25, -0.2) is 14.4 Å². The maximum atomic E-state index is 15.1. The zero-order valence-corrected chi connectivity index (χ0v) is 26.3. The molecule has 1 N–H and O–H groups in total. The average molecular weight is 619 g/mol. The van der Waals surface area contributed by atoms with Gasteiger partial charge in [-0.15, -0.1) is 0 Å². The first-order chi connectivity index (χ1) is 21.2. The number of allylic oxidation sites excluding steroid dienone is 1. The molecule has 230 valence electrons. The summed E-state index contributed by atoms with van der Waals surface area (Å²) >= 11 is 6.67. The minimum Gasteiger partial charge on any atom is -0.324 e. The molecule has 3 heterocycles. The first-order valence-corrected chi connectivity index (χ1v) is 15.4. The normalized spacial score (nSPS) is 15.2. The van der Waals surface area contributed by atoms with E-state index in [1.807, 2.05) is 32.0 Å². The van der Waals surface area contributed by atoms with Crippen molar-refractivity contribution in [3.8, 4) is 11.1 Å². The Kier molecular flexibility index (Phi) is 9.86. The molecule has 0 atom stereocenters. The molecule has 1 saturated heterocycles. The van der Waals surface area contributed by atoms with Crippen LogP contribution in [0.15, 0.2) is 70.5 Å². The van der Waals surface area contributed by atoms with E-state index in [-0.39, 0.29) is 23.2 Å². The van der Waals surface area contributed by atoms with E-state index >= 15 is 4.39 Å². The fourth-order valence-electron chi connectivity index (χ4n) is 5.71. The summed E-state index contributed by atoms with van der Waals surface area (Å²) in [7, 11) is 2.09. The SMILES string of the molecule is CC/C=C(/F)N=C(C)Cc1ccc(-c2cc3cnc(Nc4ccc(C5CCN(C)CC5)c(F)c4)nc3n(CC)c2=O)c(Cl)c1. The molecule has 44 heavy (non-hydrogen) atoms. The van der Waals surface area contributed by atoms with Gasteiger partial charge in [-0.1, -0.05) is 36.7 Å². The van der Waals surface area contributed by atoms with Crippen molar-refractivity contribution in [3.63, 3.8) is 0 Å². The Hall–Kier alpha value is -3.95. The number of nitrogens with zero attached hydrogens (tertiary/aromatic N) is 5. The van der Waals surface area contributed by atoms with E-state index in [0.29, 0.717) is 58.0 Å². The number of rotatable bonds is 9. The number of halogens is 3. The van der Waals surface area contributed by atoms with E-state index < -0.39 is 5.95 Å². The zero-order valence-electron chi connectivity index (χ0n) is 25.5. The van der Waals surface area contributed by atoms with Crippen molar-refractivity contribution in [2.75, 3.05) is 25.5 Å². The maximum absolute atomic E-state index is 15.1. The summed E-state index contributed by atoms with van der Waals surface area (Å²) in [5.74, 6) is -0.266. The maximum Gasteiger partial charge on any atom is 0.260 e. The number of aromatic nitrogens is 3. The van der Waals surface area contributed by atoms with Crippen LogP contribution in [-0.2, 0) is 13.0 Å². The molecule has 5 rings (SSSR count). The highest BCUT2D eigenvalue weighted by molar-refractivity contribution is 6.33. The molecule has 10 heteroatoms. The minimum atomic E-state index is -0.502. The van der Waals surface area contributed by atoms with Gasteiger partial charge in [0.05, 0.1) is 0 Å². The smallest absolute Gasteiger partial charge is 0.260 e. The Balaban J connectivity index is 1.40. The number of piperidine rings is 1. The van der Waals surface area contributed by atoms with Crippen LogP contribution in [0.3, 0.4) is 0 Å². The van der Waals surface area contributed by atoms with Crippen LogP contribution in [0.1, 0.15) is 57.1 Å². The number of benzene rings is 2. The monoisotopic (exact) mass is 618 g/mol. The summed E-state index contributed by atoms with van der Waals surface area (Å²) in [6.45, 7) is 7.78. The average Bonchev–Trinajstić information content (AvgIpc) is 2.98. The third-order valence-corrected chi connectivity index (χ3v) is 8.32. The van der Waals surface area contributed by atoms with Gasteiger partial charge in [-0.2, -0.15) is 9.37 Å². The molecular weight excluding hydrogens is 582 g/mol. The van der Waals surface area contributed by atoms with E-state index in [1.165, 1.54) is 12.1 Å². The van der Waals surface area contributed by atoms with Crippen LogP contribution in [0.5, 0.6) is 0 Å². The molecule has 0 amide bonds. The van der Waals surface area contributed by atoms with Gasteiger partial charge < -0.3 is 10.2 Å². The molecule has 1 aliphatic heterocycles. The number of aliphatic imine (C=N–C) groups is 1. The fourth-order valence-corrected chi connectivity index (χ4v) is 6.01. The van der Waals surface area contributed by atoms with Gasteiger partial charge in [0.25, 0.3) is 5.56 Å². The van der Waals surface area contributed by atoms with Crippen LogP contribution >= 0.6 is 11.6 Å². The Morgan fingerprint density at radius 3 is 2.59 bits per heavy atom. The zero-order chi connectivity index (χ0) is 31.4. The van der Waals surface area contributed by atoms with E-state index in [1.54, 1.807) is 35.9 Å². The van der Waals surface area contributed by atoms with Gasteiger partial charge in [0.2, 0.25) is 11.9 Å². The lowest BCUT2D eigenvalue weighted by Gasteiger charge is -2.29. The van der Waals surface area contributed by atoms with Gasteiger partial charge in [-0.05, 0) is 101 Å². The lowest BCUT2D eigenvalue weighted by atomic mass is 9.89. The van der Waals surface area contributed by atoms with E-state index in [9.17, 15) is 9.18 Å². The summed E-state index contributed by atoms with van der Waals surface area (Å²) in [5.41, 5.74) is 3.98. The lowest BCUT2D eigenvalue weighted by molar-refractivity contribution is 0.253. The topological polar surface area (TPSA) is 75.4 Å². The highest BCUT2D eigenvalue weighted by atomic mass is 35.5. The Labute approximate surface area is 261 Å². The molecule has 0 saturated carbocycles. The molecule has 2 aromatic carbocycles. The second-order valence-corrected chi connectivity index (χ2v) is 11.7. The second-order valence-electron chi connectivity index (χ2n) is 11.3. The number of pyridine rings is 1. The summed E-state index contributed by atoms with van der Waals surface area (Å²) in [6.07, 6.45) is 5.94. The molecule has 0 unspecified atom stereocenters. The van der Waals surface area contributed by atoms with Crippen LogP contribution in [0.2, 0.25) is 5.02 Å². The van der Waals surface area contributed by atoms with Crippen molar-refractivity contribution in [2.24, 2.45) is 4.99 Å². The standard InChI is InChI=1S/C34H37ClF2N6O/c1-5-7-31(37)39-21(3)16-22-8-10-27(29(35)17-22)28-18-24-20-38-34(41-32(24)43(6-2)33(28)44)40-25-9-11-26(30(36)19-25)23-12-14-42(4)15-13-23/h7-11,17-20,23H,5-6,12-16H2,1-4H3,(H,38,40,41)/b31-7-,39-21?. The number of aryl methyl sites for hydroxylation is 1.